The van der Waals surface area contributed by atoms with Crippen molar-refractivity contribution in [2.75, 3.05) is 32.7 Å². The molecule has 0 aliphatic carbocycles. The van der Waals surface area contributed by atoms with Gasteiger partial charge in [0.05, 0.1) is 6.54 Å². The normalized spacial score (nSPS) is 30.0. The summed E-state index contributed by atoms with van der Waals surface area (Å²) < 4.78 is 0. The zero-order valence-corrected chi connectivity index (χ0v) is 13.8. The standard InChI is InChI=1S/C17H29N3O2/c1-14(21)20-12-6-8-16(20)15-7-5-11-19(15)13-17(22)18-9-3-2-4-10-18/h15-16H,2-13H2,1H3/t15-,16+/m0/s1. The summed E-state index contributed by atoms with van der Waals surface area (Å²) in [6.07, 6.45) is 8.03. The molecule has 3 saturated heterocycles. The highest BCUT2D eigenvalue weighted by atomic mass is 16.2. The summed E-state index contributed by atoms with van der Waals surface area (Å²) in [6.45, 7) is 5.99. The SMILES string of the molecule is CC(=O)N1CCC[C@@H]1[C@@H]1CCCN1CC(=O)N1CCCCC1. The molecule has 2 atom stereocenters. The topological polar surface area (TPSA) is 43.9 Å². The summed E-state index contributed by atoms with van der Waals surface area (Å²) in [7, 11) is 0. The molecule has 3 fully saturated rings. The maximum absolute atomic E-state index is 12.5. The van der Waals surface area contributed by atoms with Crippen LogP contribution < -0.4 is 0 Å². The second kappa shape index (κ2) is 6.99. The minimum Gasteiger partial charge on any atom is -0.342 e. The van der Waals surface area contributed by atoms with Gasteiger partial charge in [0, 0.05) is 38.6 Å². The lowest BCUT2D eigenvalue weighted by atomic mass is 10.0. The summed E-state index contributed by atoms with van der Waals surface area (Å²) in [5, 5.41) is 0. The minimum absolute atomic E-state index is 0.191. The molecule has 3 rings (SSSR count). The number of carbonyl (C=O) groups excluding carboxylic acids is 2. The fraction of sp³-hybridized carbons (Fsp3) is 0.882. The highest BCUT2D eigenvalue weighted by Gasteiger charge is 2.39. The van der Waals surface area contributed by atoms with E-state index in [1.807, 2.05) is 9.80 Å². The van der Waals surface area contributed by atoms with Gasteiger partial charge in [0.25, 0.3) is 0 Å². The molecule has 0 radical (unpaired) electrons. The zero-order chi connectivity index (χ0) is 15.5. The molecule has 3 heterocycles. The molecular formula is C17H29N3O2. The van der Waals surface area contributed by atoms with E-state index in [2.05, 4.69) is 4.90 Å². The van der Waals surface area contributed by atoms with Gasteiger partial charge in [0.2, 0.25) is 11.8 Å². The Kier molecular flexibility index (Phi) is 5.01. The third-order valence-electron chi connectivity index (χ3n) is 5.61. The Morgan fingerprint density at radius 2 is 1.55 bits per heavy atom. The molecule has 0 aromatic rings. The number of rotatable bonds is 3. The first-order valence-corrected chi connectivity index (χ1v) is 8.96. The van der Waals surface area contributed by atoms with Crippen LogP contribution in [-0.4, -0.2) is 71.3 Å². The molecule has 3 aliphatic rings. The molecule has 0 N–H and O–H groups in total. The van der Waals surface area contributed by atoms with Crippen molar-refractivity contribution in [3.63, 3.8) is 0 Å². The van der Waals surface area contributed by atoms with Gasteiger partial charge in [-0.15, -0.1) is 0 Å². The molecular weight excluding hydrogens is 278 g/mol. The van der Waals surface area contributed by atoms with Crippen LogP contribution in [-0.2, 0) is 9.59 Å². The second-order valence-electron chi connectivity index (χ2n) is 7.04. The van der Waals surface area contributed by atoms with Crippen molar-refractivity contribution >= 4 is 11.8 Å². The van der Waals surface area contributed by atoms with Crippen LogP contribution in [0.3, 0.4) is 0 Å². The van der Waals surface area contributed by atoms with Gasteiger partial charge < -0.3 is 9.80 Å². The summed E-state index contributed by atoms with van der Waals surface area (Å²) in [5.41, 5.74) is 0. The predicted octanol–water partition coefficient (Wildman–Crippen LogP) is 1.47. The Morgan fingerprint density at radius 3 is 2.27 bits per heavy atom. The maximum atomic E-state index is 12.5. The lowest BCUT2D eigenvalue weighted by Crippen LogP contribution is -2.51. The van der Waals surface area contributed by atoms with E-state index in [-0.39, 0.29) is 5.91 Å². The fourth-order valence-electron chi connectivity index (χ4n) is 4.48. The lowest BCUT2D eigenvalue weighted by molar-refractivity contribution is -0.134. The number of piperidine rings is 1. The predicted molar refractivity (Wildman–Crippen MR) is 85.4 cm³/mol. The molecule has 5 nitrogen and oxygen atoms in total. The average Bonchev–Trinajstić information content (AvgIpc) is 3.16. The van der Waals surface area contributed by atoms with E-state index < -0.39 is 0 Å². The molecule has 22 heavy (non-hydrogen) atoms. The van der Waals surface area contributed by atoms with Crippen molar-refractivity contribution in [1.29, 1.82) is 0 Å². The Hall–Kier alpha value is -1.10. The van der Waals surface area contributed by atoms with E-state index in [0.717, 1.165) is 64.7 Å². The largest absolute Gasteiger partial charge is 0.342 e. The zero-order valence-electron chi connectivity index (χ0n) is 13.8. The molecule has 124 valence electrons. The summed E-state index contributed by atoms with van der Waals surface area (Å²) in [6, 6.07) is 0.717. The Labute approximate surface area is 133 Å². The quantitative estimate of drug-likeness (QED) is 0.793. The van der Waals surface area contributed by atoms with Crippen LogP contribution in [0.4, 0.5) is 0 Å². The van der Waals surface area contributed by atoms with Crippen LogP contribution in [0, 0.1) is 0 Å². The van der Waals surface area contributed by atoms with Crippen LogP contribution >= 0.6 is 0 Å². The summed E-state index contributed by atoms with van der Waals surface area (Å²) >= 11 is 0. The molecule has 0 aromatic carbocycles. The first kappa shape index (κ1) is 15.8. The Morgan fingerprint density at radius 1 is 0.864 bits per heavy atom. The molecule has 0 saturated carbocycles. The average molecular weight is 307 g/mol. The highest BCUT2D eigenvalue weighted by Crippen LogP contribution is 2.30. The number of amides is 2. The van der Waals surface area contributed by atoms with Crippen molar-refractivity contribution in [3.05, 3.63) is 0 Å². The van der Waals surface area contributed by atoms with E-state index in [9.17, 15) is 9.59 Å². The van der Waals surface area contributed by atoms with Gasteiger partial charge in [-0.3, -0.25) is 14.5 Å². The molecule has 3 aliphatic heterocycles. The van der Waals surface area contributed by atoms with Crippen molar-refractivity contribution in [3.8, 4) is 0 Å². The number of hydrogen-bond donors (Lipinski definition) is 0. The molecule has 0 spiro atoms. The van der Waals surface area contributed by atoms with Gasteiger partial charge in [-0.2, -0.15) is 0 Å². The highest BCUT2D eigenvalue weighted by molar-refractivity contribution is 5.78. The van der Waals surface area contributed by atoms with Crippen LogP contribution in [0.1, 0.15) is 51.9 Å². The van der Waals surface area contributed by atoms with Crippen molar-refractivity contribution in [2.45, 2.75) is 64.0 Å². The molecule has 2 amide bonds. The van der Waals surface area contributed by atoms with E-state index in [4.69, 9.17) is 0 Å². The molecule has 5 heteroatoms. The van der Waals surface area contributed by atoms with Crippen LogP contribution in [0.2, 0.25) is 0 Å². The van der Waals surface area contributed by atoms with Crippen molar-refractivity contribution in [2.24, 2.45) is 0 Å². The second-order valence-corrected chi connectivity index (χ2v) is 7.04. The number of nitrogens with zero attached hydrogens (tertiary/aromatic N) is 3. The molecule has 0 aromatic heterocycles. The monoisotopic (exact) mass is 307 g/mol. The Balaban J connectivity index is 1.60. The smallest absolute Gasteiger partial charge is 0.236 e. The van der Waals surface area contributed by atoms with Crippen molar-refractivity contribution < 1.29 is 9.59 Å². The summed E-state index contributed by atoms with van der Waals surface area (Å²) in [4.78, 5) is 30.8. The Bertz CT molecular complexity index is 420. The van der Waals surface area contributed by atoms with Gasteiger partial charge in [-0.1, -0.05) is 0 Å². The fourth-order valence-corrected chi connectivity index (χ4v) is 4.48. The van der Waals surface area contributed by atoms with Gasteiger partial charge in [-0.05, 0) is 51.5 Å². The molecule has 0 unspecified atom stereocenters. The minimum atomic E-state index is 0.191. The van der Waals surface area contributed by atoms with Crippen LogP contribution in [0.15, 0.2) is 0 Å². The van der Waals surface area contributed by atoms with E-state index in [1.54, 1.807) is 6.92 Å². The molecule has 0 bridgehead atoms. The lowest BCUT2D eigenvalue weighted by Gasteiger charge is -2.36. The number of carbonyl (C=O) groups is 2. The first-order chi connectivity index (χ1) is 10.7. The van der Waals surface area contributed by atoms with E-state index >= 15 is 0 Å². The third-order valence-corrected chi connectivity index (χ3v) is 5.61. The third kappa shape index (κ3) is 3.29. The maximum Gasteiger partial charge on any atom is 0.236 e. The number of hydrogen-bond acceptors (Lipinski definition) is 3. The van der Waals surface area contributed by atoms with Gasteiger partial charge in [0.15, 0.2) is 0 Å². The van der Waals surface area contributed by atoms with Gasteiger partial charge in [0.1, 0.15) is 0 Å². The van der Waals surface area contributed by atoms with Gasteiger partial charge >= 0.3 is 0 Å². The summed E-state index contributed by atoms with van der Waals surface area (Å²) in [5.74, 6) is 0.482. The number of likely N-dealkylation sites (tertiary alicyclic amines) is 3. The van der Waals surface area contributed by atoms with Crippen LogP contribution in [0.25, 0.3) is 0 Å². The van der Waals surface area contributed by atoms with Crippen LogP contribution in [0.5, 0.6) is 0 Å². The van der Waals surface area contributed by atoms with E-state index in [1.165, 1.54) is 6.42 Å². The van der Waals surface area contributed by atoms with E-state index in [0.29, 0.717) is 24.5 Å². The van der Waals surface area contributed by atoms with Gasteiger partial charge in [-0.25, -0.2) is 0 Å². The first-order valence-electron chi connectivity index (χ1n) is 8.96. The van der Waals surface area contributed by atoms with Crippen molar-refractivity contribution in [1.82, 2.24) is 14.7 Å².